The van der Waals surface area contributed by atoms with Gasteiger partial charge in [0.1, 0.15) is 12.4 Å². The number of carbonyl (C=O) groups is 1. The topological polar surface area (TPSA) is 80.1 Å². The Morgan fingerprint density at radius 3 is 2.67 bits per heavy atom. The smallest absolute Gasteiger partial charge is 0.234 e. The van der Waals surface area contributed by atoms with Crippen molar-refractivity contribution in [3.05, 3.63) is 65.9 Å². The summed E-state index contributed by atoms with van der Waals surface area (Å²) < 4.78 is 5.93. The molecular formula is C19H21N3O2. The molecule has 0 fully saturated rings. The zero-order valence-electron chi connectivity index (χ0n) is 13.6. The molecule has 0 saturated carbocycles. The number of rotatable bonds is 7. The van der Waals surface area contributed by atoms with Crippen molar-refractivity contribution in [2.24, 2.45) is 5.73 Å². The molecule has 4 N–H and O–H groups in total. The van der Waals surface area contributed by atoms with Gasteiger partial charge in [-0.05, 0) is 30.2 Å². The third-order valence-electron chi connectivity index (χ3n) is 4.01. The van der Waals surface area contributed by atoms with E-state index in [1.54, 1.807) is 6.92 Å². The standard InChI is InChI=1S/C19H21N3O2/c1-13(19(20)23)22-11-14-5-7-15(8-6-14)12-24-17-4-2-3-16-9-10-21-18(16)17/h2-10,13,21-22H,11-12H2,1H3,(H2,20,23)/t13-/m0/s1. The van der Waals surface area contributed by atoms with E-state index < -0.39 is 0 Å². The van der Waals surface area contributed by atoms with Crippen LogP contribution in [0.15, 0.2) is 54.7 Å². The molecule has 1 aromatic heterocycles. The number of benzene rings is 2. The highest BCUT2D eigenvalue weighted by molar-refractivity contribution is 5.85. The van der Waals surface area contributed by atoms with E-state index in [4.69, 9.17) is 10.5 Å². The van der Waals surface area contributed by atoms with Crippen LogP contribution in [0.3, 0.4) is 0 Å². The maximum absolute atomic E-state index is 11.0. The summed E-state index contributed by atoms with van der Waals surface area (Å²) in [7, 11) is 0. The van der Waals surface area contributed by atoms with E-state index in [0.29, 0.717) is 13.2 Å². The van der Waals surface area contributed by atoms with Gasteiger partial charge in [0.25, 0.3) is 0 Å². The molecule has 0 radical (unpaired) electrons. The zero-order chi connectivity index (χ0) is 16.9. The summed E-state index contributed by atoms with van der Waals surface area (Å²) in [5, 5.41) is 4.22. The number of nitrogens with one attached hydrogen (secondary N) is 2. The molecule has 5 nitrogen and oxygen atoms in total. The van der Waals surface area contributed by atoms with Gasteiger partial charge in [-0.1, -0.05) is 36.4 Å². The average molecular weight is 323 g/mol. The van der Waals surface area contributed by atoms with Gasteiger partial charge < -0.3 is 20.8 Å². The number of aromatic nitrogens is 1. The second-order valence-corrected chi connectivity index (χ2v) is 5.81. The van der Waals surface area contributed by atoms with Gasteiger partial charge in [0, 0.05) is 18.1 Å². The van der Waals surface area contributed by atoms with Crippen LogP contribution in [0.25, 0.3) is 10.9 Å². The van der Waals surface area contributed by atoms with Gasteiger partial charge >= 0.3 is 0 Å². The third kappa shape index (κ3) is 3.75. The monoisotopic (exact) mass is 323 g/mol. The maximum atomic E-state index is 11.0. The molecule has 0 unspecified atom stereocenters. The molecule has 0 saturated heterocycles. The van der Waals surface area contributed by atoms with Crippen molar-refractivity contribution in [3.63, 3.8) is 0 Å². The number of H-pyrrole nitrogens is 1. The first-order valence-corrected chi connectivity index (χ1v) is 7.93. The Balaban J connectivity index is 1.58. The Hall–Kier alpha value is -2.79. The summed E-state index contributed by atoms with van der Waals surface area (Å²) in [4.78, 5) is 14.2. The molecule has 0 spiro atoms. The zero-order valence-corrected chi connectivity index (χ0v) is 13.6. The van der Waals surface area contributed by atoms with Gasteiger partial charge in [0.2, 0.25) is 5.91 Å². The molecule has 124 valence electrons. The number of ether oxygens (including phenoxy) is 1. The predicted molar refractivity (Wildman–Crippen MR) is 94.6 cm³/mol. The van der Waals surface area contributed by atoms with E-state index in [9.17, 15) is 4.79 Å². The number of nitrogens with two attached hydrogens (primary N) is 1. The molecule has 1 heterocycles. The van der Waals surface area contributed by atoms with Crippen LogP contribution in [-0.4, -0.2) is 16.9 Å². The van der Waals surface area contributed by atoms with Gasteiger partial charge in [-0.25, -0.2) is 0 Å². The number of hydrogen-bond acceptors (Lipinski definition) is 3. The van der Waals surface area contributed by atoms with E-state index in [2.05, 4.69) is 10.3 Å². The minimum Gasteiger partial charge on any atom is -0.487 e. The number of aromatic amines is 1. The number of primary amides is 1. The van der Waals surface area contributed by atoms with Gasteiger partial charge in [0.05, 0.1) is 11.6 Å². The number of fused-ring (bicyclic) bond motifs is 1. The molecule has 3 aromatic rings. The third-order valence-corrected chi connectivity index (χ3v) is 4.01. The molecule has 0 bridgehead atoms. The second kappa shape index (κ2) is 7.19. The minimum atomic E-state index is -0.349. The van der Waals surface area contributed by atoms with Gasteiger partial charge in [-0.3, -0.25) is 4.79 Å². The lowest BCUT2D eigenvalue weighted by molar-refractivity contribution is -0.119. The average Bonchev–Trinajstić information content (AvgIpc) is 3.08. The summed E-state index contributed by atoms with van der Waals surface area (Å²) in [5.74, 6) is 0.497. The molecular weight excluding hydrogens is 302 g/mol. The minimum absolute atomic E-state index is 0.339. The maximum Gasteiger partial charge on any atom is 0.234 e. The fourth-order valence-electron chi connectivity index (χ4n) is 2.46. The van der Waals surface area contributed by atoms with Crippen LogP contribution in [-0.2, 0) is 17.9 Å². The molecule has 0 aliphatic carbocycles. The first-order valence-electron chi connectivity index (χ1n) is 7.93. The molecule has 24 heavy (non-hydrogen) atoms. The summed E-state index contributed by atoms with van der Waals surface area (Å²) in [6.07, 6.45) is 1.91. The Morgan fingerprint density at radius 2 is 1.92 bits per heavy atom. The van der Waals surface area contributed by atoms with Crippen molar-refractivity contribution in [2.45, 2.75) is 26.1 Å². The fraction of sp³-hybridized carbons (Fsp3) is 0.211. The Morgan fingerprint density at radius 1 is 1.17 bits per heavy atom. The fourth-order valence-corrected chi connectivity index (χ4v) is 2.46. The quantitative estimate of drug-likeness (QED) is 0.625. The molecule has 3 rings (SSSR count). The molecule has 5 heteroatoms. The van der Waals surface area contributed by atoms with E-state index in [1.165, 1.54) is 0 Å². The number of carbonyl (C=O) groups excluding carboxylic acids is 1. The SMILES string of the molecule is C[C@H](NCc1ccc(COc2cccc3cc[nH]c23)cc1)C(N)=O. The van der Waals surface area contributed by atoms with Crippen LogP contribution in [0.5, 0.6) is 5.75 Å². The summed E-state index contributed by atoms with van der Waals surface area (Å²) >= 11 is 0. The van der Waals surface area contributed by atoms with E-state index in [0.717, 1.165) is 27.8 Å². The van der Waals surface area contributed by atoms with Gasteiger partial charge in [-0.2, -0.15) is 0 Å². The van der Waals surface area contributed by atoms with E-state index >= 15 is 0 Å². The van der Waals surface area contributed by atoms with Crippen molar-refractivity contribution in [2.75, 3.05) is 0 Å². The van der Waals surface area contributed by atoms with Crippen LogP contribution >= 0.6 is 0 Å². The van der Waals surface area contributed by atoms with Crippen molar-refractivity contribution in [1.82, 2.24) is 10.3 Å². The van der Waals surface area contributed by atoms with Crippen LogP contribution in [0, 0.1) is 0 Å². The molecule has 0 aliphatic heterocycles. The molecule has 1 atom stereocenters. The highest BCUT2D eigenvalue weighted by Gasteiger charge is 2.07. The number of para-hydroxylation sites is 1. The van der Waals surface area contributed by atoms with Crippen molar-refractivity contribution >= 4 is 16.8 Å². The van der Waals surface area contributed by atoms with Crippen molar-refractivity contribution < 1.29 is 9.53 Å². The van der Waals surface area contributed by atoms with Gasteiger partial charge in [0.15, 0.2) is 0 Å². The highest BCUT2D eigenvalue weighted by atomic mass is 16.5. The van der Waals surface area contributed by atoms with Crippen molar-refractivity contribution in [3.8, 4) is 5.75 Å². The number of hydrogen-bond donors (Lipinski definition) is 3. The lowest BCUT2D eigenvalue weighted by Gasteiger charge is -2.11. The Kier molecular flexibility index (Phi) is 4.82. The van der Waals surface area contributed by atoms with Crippen molar-refractivity contribution in [1.29, 1.82) is 0 Å². The van der Waals surface area contributed by atoms with Crippen LogP contribution in [0.1, 0.15) is 18.1 Å². The normalized spacial score (nSPS) is 12.2. The van der Waals surface area contributed by atoms with Crippen LogP contribution in [0.2, 0.25) is 0 Å². The first-order chi connectivity index (χ1) is 11.6. The Labute approximate surface area is 140 Å². The van der Waals surface area contributed by atoms with E-state index in [-0.39, 0.29) is 11.9 Å². The summed E-state index contributed by atoms with van der Waals surface area (Å²) in [6.45, 7) is 2.86. The highest BCUT2D eigenvalue weighted by Crippen LogP contribution is 2.24. The summed E-state index contributed by atoms with van der Waals surface area (Å²) in [5.41, 5.74) is 8.43. The second-order valence-electron chi connectivity index (χ2n) is 5.81. The predicted octanol–water partition coefficient (Wildman–Crippen LogP) is 2.71. The lowest BCUT2D eigenvalue weighted by atomic mass is 10.1. The lowest BCUT2D eigenvalue weighted by Crippen LogP contribution is -2.38. The molecule has 1 amide bonds. The molecule has 2 aromatic carbocycles. The Bertz CT molecular complexity index is 824. The van der Waals surface area contributed by atoms with Gasteiger partial charge in [-0.15, -0.1) is 0 Å². The molecule has 0 aliphatic rings. The largest absolute Gasteiger partial charge is 0.487 e. The summed E-state index contributed by atoms with van der Waals surface area (Å²) in [6, 6.07) is 15.8. The first kappa shape index (κ1) is 16.1. The van der Waals surface area contributed by atoms with Crippen LogP contribution in [0.4, 0.5) is 0 Å². The van der Waals surface area contributed by atoms with E-state index in [1.807, 2.05) is 54.7 Å². The number of amides is 1. The van der Waals surface area contributed by atoms with Crippen LogP contribution < -0.4 is 15.8 Å².